The van der Waals surface area contributed by atoms with E-state index in [1.807, 2.05) is 12.1 Å². The Morgan fingerprint density at radius 2 is 1.95 bits per heavy atom. The van der Waals surface area contributed by atoms with Gasteiger partial charge in [0.15, 0.2) is 0 Å². The molecule has 0 saturated carbocycles. The molecule has 20 heavy (non-hydrogen) atoms. The smallest absolute Gasteiger partial charge is 0.303 e. The van der Waals surface area contributed by atoms with Crippen LogP contribution in [-0.4, -0.2) is 31.2 Å². The number of nitrogens with zero attached hydrogens (tertiary/aromatic N) is 4. The largest absolute Gasteiger partial charge is 0.481 e. The molecule has 0 fully saturated rings. The Morgan fingerprint density at radius 1 is 1.15 bits per heavy atom. The van der Waals surface area contributed by atoms with Gasteiger partial charge in [-0.05, 0) is 18.2 Å². The van der Waals surface area contributed by atoms with Crippen molar-refractivity contribution in [2.24, 2.45) is 0 Å². The lowest BCUT2D eigenvalue weighted by Crippen LogP contribution is -1.97. The molecule has 0 bridgehead atoms. The number of aliphatic carboxylic acids is 1. The van der Waals surface area contributed by atoms with Crippen LogP contribution in [0.4, 0.5) is 0 Å². The van der Waals surface area contributed by atoms with Gasteiger partial charge in [-0.1, -0.05) is 0 Å². The molecule has 0 unspecified atom stereocenters. The standard InChI is InChI=1S/C13H10N4O3/c18-12(19)4-3-11-16-17-13(20-11)8-1-2-9-10(7-8)15-6-5-14-9/h1-2,5-7H,3-4H2,(H,18,19). The minimum atomic E-state index is -0.897. The van der Waals surface area contributed by atoms with Gasteiger partial charge in [-0.2, -0.15) is 0 Å². The van der Waals surface area contributed by atoms with Crippen molar-refractivity contribution in [2.75, 3.05) is 0 Å². The van der Waals surface area contributed by atoms with Crippen LogP contribution in [0.1, 0.15) is 12.3 Å². The van der Waals surface area contributed by atoms with E-state index < -0.39 is 5.97 Å². The van der Waals surface area contributed by atoms with Gasteiger partial charge in [0.2, 0.25) is 11.8 Å². The van der Waals surface area contributed by atoms with Crippen molar-refractivity contribution in [1.29, 1.82) is 0 Å². The molecule has 0 saturated heterocycles. The molecule has 0 radical (unpaired) electrons. The fourth-order valence-corrected chi connectivity index (χ4v) is 1.78. The number of carbonyl (C=O) groups is 1. The molecule has 1 aromatic carbocycles. The average Bonchev–Trinajstić information content (AvgIpc) is 2.93. The highest BCUT2D eigenvalue weighted by molar-refractivity contribution is 5.79. The van der Waals surface area contributed by atoms with E-state index in [1.54, 1.807) is 18.5 Å². The normalized spacial score (nSPS) is 10.8. The quantitative estimate of drug-likeness (QED) is 0.769. The molecule has 0 aliphatic rings. The van der Waals surface area contributed by atoms with E-state index in [2.05, 4.69) is 20.2 Å². The molecule has 0 aliphatic heterocycles. The highest BCUT2D eigenvalue weighted by Crippen LogP contribution is 2.21. The first-order valence-electron chi connectivity index (χ1n) is 5.98. The van der Waals surface area contributed by atoms with E-state index in [1.165, 1.54) is 0 Å². The second kappa shape index (κ2) is 5.04. The molecule has 1 N–H and O–H groups in total. The van der Waals surface area contributed by atoms with Crippen LogP contribution in [0.2, 0.25) is 0 Å². The molecule has 0 atom stereocenters. The summed E-state index contributed by atoms with van der Waals surface area (Å²) in [5.74, 6) is -0.245. The van der Waals surface area contributed by atoms with Crippen molar-refractivity contribution in [3.63, 3.8) is 0 Å². The minimum Gasteiger partial charge on any atom is -0.481 e. The molecule has 0 aliphatic carbocycles. The maximum atomic E-state index is 10.5. The zero-order chi connectivity index (χ0) is 13.9. The van der Waals surface area contributed by atoms with Gasteiger partial charge in [-0.15, -0.1) is 10.2 Å². The van der Waals surface area contributed by atoms with E-state index in [4.69, 9.17) is 9.52 Å². The van der Waals surface area contributed by atoms with Crippen molar-refractivity contribution in [1.82, 2.24) is 20.2 Å². The molecule has 7 nitrogen and oxygen atoms in total. The predicted octanol–water partition coefficient (Wildman–Crippen LogP) is 1.70. The Kier molecular flexibility index (Phi) is 3.08. The van der Waals surface area contributed by atoms with Gasteiger partial charge >= 0.3 is 5.97 Å². The van der Waals surface area contributed by atoms with Crippen molar-refractivity contribution in [2.45, 2.75) is 12.8 Å². The predicted molar refractivity (Wildman–Crippen MR) is 68.8 cm³/mol. The van der Waals surface area contributed by atoms with Gasteiger partial charge in [0.25, 0.3) is 0 Å². The molecule has 0 spiro atoms. The van der Waals surface area contributed by atoms with Crippen molar-refractivity contribution >= 4 is 17.0 Å². The fraction of sp³-hybridized carbons (Fsp3) is 0.154. The van der Waals surface area contributed by atoms with Gasteiger partial charge in [-0.3, -0.25) is 14.8 Å². The Hall–Kier alpha value is -2.83. The number of rotatable bonds is 4. The van der Waals surface area contributed by atoms with Crippen LogP contribution in [0.15, 0.2) is 35.0 Å². The summed E-state index contributed by atoms with van der Waals surface area (Å²) in [6, 6.07) is 5.43. The van der Waals surface area contributed by atoms with Gasteiger partial charge in [0, 0.05) is 24.4 Å². The molecule has 3 aromatic rings. The summed E-state index contributed by atoms with van der Waals surface area (Å²) in [5.41, 5.74) is 2.24. The summed E-state index contributed by atoms with van der Waals surface area (Å²) in [6.45, 7) is 0. The Balaban J connectivity index is 1.89. The van der Waals surface area contributed by atoms with Crippen LogP contribution in [0, 0.1) is 0 Å². The topological polar surface area (TPSA) is 102 Å². The van der Waals surface area contributed by atoms with Gasteiger partial charge in [0.05, 0.1) is 17.5 Å². The van der Waals surface area contributed by atoms with Gasteiger partial charge < -0.3 is 9.52 Å². The SMILES string of the molecule is O=C(O)CCc1nnc(-c2ccc3nccnc3c2)o1. The number of carboxylic acids is 1. The van der Waals surface area contributed by atoms with Crippen LogP contribution in [0.5, 0.6) is 0 Å². The Bertz CT molecular complexity index is 769. The third kappa shape index (κ3) is 2.46. The summed E-state index contributed by atoms with van der Waals surface area (Å²) < 4.78 is 5.44. The summed E-state index contributed by atoms with van der Waals surface area (Å²) in [4.78, 5) is 18.9. The van der Waals surface area contributed by atoms with E-state index in [0.717, 1.165) is 16.6 Å². The van der Waals surface area contributed by atoms with Gasteiger partial charge in [0.1, 0.15) is 0 Å². The fourth-order valence-electron chi connectivity index (χ4n) is 1.78. The van der Waals surface area contributed by atoms with E-state index in [-0.39, 0.29) is 12.8 Å². The van der Waals surface area contributed by atoms with E-state index in [0.29, 0.717) is 11.8 Å². The lowest BCUT2D eigenvalue weighted by atomic mass is 10.2. The minimum absolute atomic E-state index is 0.0369. The monoisotopic (exact) mass is 270 g/mol. The van der Waals surface area contributed by atoms with E-state index in [9.17, 15) is 4.79 Å². The molecular formula is C13H10N4O3. The first kappa shape index (κ1) is 12.2. The molecular weight excluding hydrogens is 260 g/mol. The lowest BCUT2D eigenvalue weighted by Gasteiger charge is -1.97. The number of hydrogen-bond acceptors (Lipinski definition) is 6. The zero-order valence-corrected chi connectivity index (χ0v) is 10.4. The molecule has 3 rings (SSSR count). The summed E-state index contributed by atoms with van der Waals surface area (Å²) in [7, 11) is 0. The number of carboxylic acid groups (broad SMARTS) is 1. The van der Waals surface area contributed by atoms with E-state index >= 15 is 0 Å². The zero-order valence-electron chi connectivity index (χ0n) is 10.4. The second-order valence-corrected chi connectivity index (χ2v) is 4.15. The third-order valence-electron chi connectivity index (χ3n) is 2.74. The first-order valence-corrected chi connectivity index (χ1v) is 5.98. The van der Waals surface area contributed by atoms with Crippen LogP contribution >= 0.6 is 0 Å². The Morgan fingerprint density at radius 3 is 2.75 bits per heavy atom. The lowest BCUT2D eigenvalue weighted by molar-refractivity contribution is -0.137. The second-order valence-electron chi connectivity index (χ2n) is 4.15. The number of aryl methyl sites for hydroxylation is 1. The van der Waals surface area contributed by atoms with Crippen LogP contribution in [0.3, 0.4) is 0 Å². The number of aromatic nitrogens is 4. The summed E-state index contributed by atoms with van der Waals surface area (Å²) in [5, 5.41) is 16.4. The number of hydrogen-bond donors (Lipinski definition) is 1. The summed E-state index contributed by atoms with van der Waals surface area (Å²) >= 11 is 0. The maximum Gasteiger partial charge on any atom is 0.303 e. The Labute approximate surface area is 113 Å². The maximum absolute atomic E-state index is 10.5. The third-order valence-corrected chi connectivity index (χ3v) is 2.74. The molecule has 0 amide bonds. The van der Waals surface area contributed by atoms with Crippen molar-refractivity contribution in [3.05, 3.63) is 36.5 Å². The molecule has 2 heterocycles. The van der Waals surface area contributed by atoms with Crippen LogP contribution in [0.25, 0.3) is 22.5 Å². The average molecular weight is 270 g/mol. The van der Waals surface area contributed by atoms with Gasteiger partial charge in [-0.25, -0.2) is 0 Å². The summed E-state index contributed by atoms with van der Waals surface area (Å²) in [6.07, 6.45) is 3.41. The van der Waals surface area contributed by atoms with Crippen molar-refractivity contribution in [3.8, 4) is 11.5 Å². The highest BCUT2D eigenvalue weighted by atomic mass is 16.4. The molecule has 7 heteroatoms. The van der Waals surface area contributed by atoms with Crippen LogP contribution in [-0.2, 0) is 11.2 Å². The van der Waals surface area contributed by atoms with Crippen LogP contribution < -0.4 is 0 Å². The van der Waals surface area contributed by atoms with Crippen molar-refractivity contribution < 1.29 is 14.3 Å². The highest BCUT2D eigenvalue weighted by Gasteiger charge is 2.10. The molecule has 2 aromatic heterocycles. The number of fused-ring (bicyclic) bond motifs is 1. The molecule has 100 valence electrons. The first-order chi connectivity index (χ1) is 9.72. The number of benzene rings is 1.